The van der Waals surface area contributed by atoms with Gasteiger partial charge in [0.25, 0.3) is 0 Å². The Bertz CT molecular complexity index is 556. The van der Waals surface area contributed by atoms with Gasteiger partial charge in [0.15, 0.2) is 0 Å². The molecule has 1 aromatic rings. The predicted molar refractivity (Wildman–Crippen MR) is 91.8 cm³/mol. The van der Waals surface area contributed by atoms with E-state index in [1.165, 1.54) is 18.4 Å². The van der Waals surface area contributed by atoms with E-state index in [0.29, 0.717) is 5.92 Å². The summed E-state index contributed by atoms with van der Waals surface area (Å²) >= 11 is 0. The van der Waals surface area contributed by atoms with E-state index < -0.39 is 0 Å². The summed E-state index contributed by atoms with van der Waals surface area (Å²) in [6.07, 6.45) is 4.88. The molecule has 0 saturated carbocycles. The van der Waals surface area contributed by atoms with Crippen molar-refractivity contribution in [1.29, 1.82) is 0 Å². The lowest BCUT2D eigenvalue weighted by atomic mass is 9.89. The zero-order valence-electron chi connectivity index (χ0n) is 13.8. The third-order valence-electron chi connectivity index (χ3n) is 4.90. The first-order valence-electron chi connectivity index (χ1n) is 8.16. The Morgan fingerprint density at radius 1 is 1.14 bits per heavy atom. The van der Waals surface area contributed by atoms with Gasteiger partial charge in [-0.2, -0.15) is 0 Å². The summed E-state index contributed by atoms with van der Waals surface area (Å²) in [6.45, 7) is 4.25. The molecule has 0 amide bonds. The van der Waals surface area contributed by atoms with Crippen molar-refractivity contribution >= 4 is 5.84 Å². The van der Waals surface area contributed by atoms with Gasteiger partial charge in [0.05, 0.1) is 0 Å². The van der Waals surface area contributed by atoms with E-state index in [2.05, 4.69) is 65.5 Å². The van der Waals surface area contributed by atoms with Crippen molar-refractivity contribution < 1.29 is 0 Å². The number of likely N-dealkylation sites (tertiary alicyclic amines) is 1. The molecular weight excluding hydrogens is 272 g/mol. The van der Waals surface area contributed by atoms with Crippen molar-refractivity contribution in [2.24, 2.45) is 4.99 Å². The van der Waals surface area contributed by atoms with Crippen LogP contribution in [-0.4, -0.2) is 49.0 Å². The second-order valence-corrected chi connectivity index (χ2v) is 6.20. The number of hydrogen-bond acceptors (Lipinski definition) is 4. The minimum absolute atomic E-state index is 0.236. The van der Waals surface area contributed by atoms with E-state index in [4.69, 9.17) is 4.99 Å². The quantitative estimate of drug-likeness (QED) is 0.930. The fourth-order valence-corrected chi connectivity index (χ4v) is 3.36. The molecule has 2 aliphatic heterocycles. The second-order valence-electron chi connectivity index (χ2n) is 6.20. The Hall–Kier alpha value is -1.81. The summed E-state index contributed by atoms with van der Waals surface area (Å²) in [6, 6.07) is 10.9. The van der Waals surface area contributed by atoms with Gasteiger partial charge in [-0.3, -0.25) is 5.32 Å². The van der Waals surface area contributed by atoms with Crippen LogP contribution in [0.15, 0.2) is 47.2 Å². The Balaban J connectivity index is 1.66. The molecule has 1 N–H and O–H groups in total. The van der Waals surface area contributed by atoms with E-state index >= 15 is 0 Å². The molecule has 1 unspecified atom stereocenters. The van der Waals surface area contributed by atoms with Crippen LogP contribution in [0.3, 0.4) is 0 Å². The van der Waals surface area contributed by atoms with Gasteiger partial charge in [-0.15, -0.1) is 0 Å². The average molecular weight is 298 g/mol. The maximum absolute atomic E-state index is 4.77. The highest BCUT2D eigenvalue weighted by Crippen LogP contribution is 2.30. The van der Waals surface area contributed by atoms with Gasteiger partial charge in [0, 0.05) is 20.1 Å². The van der Waals surface area contributed by atoms with E-state index in [1.807, 2.05) is 7.05 Å². The highest BCUT2D eigenvalue weighted by atomic mass is 15.3. The summed E-state index contributed by atoms with van der Waals surface area (Å²) in [4.78, 5) is 9.37. The fourth-order valence-electron chi connectivity index (χ4n) is 3.36. The topological polar surface area (TPSA) is 30.9 Å². The lowest BCUT2D eigenvalue weighted by Gasteiger charge is -2.38. The molecule has 0 radical (unpaired) electrons. The maximum atomic E-state index is 4.77. The summed E-state index contributed by atoms with van der Waals surface area (Å²) in [5.41, 5.74) is 1.48. The molecule has 4 heteroatoms. The van der Waals surface area contributed by atoms with Crippen molar-refractivity contribution in [1.82, 2.24) is 15.1 Å². The summed E-state index contributed by atoms with van der Waals surface area (Å²) in [7, 11) is 4.07. The molecule has 0 aliphatic carbocycles. The normalized spacial score (nSPS) is 23.3. The van der Waals surface area contributed by atoms with Crippen molar-refractivity contribution in [3.8, 4) is 0 Å². The van der Waals surface area contributed by atoms with E-state index in [0.717, 1.165) is 24.7 Å². The Labute approximate surface area is 133 Å². The fraction of sp³-hybridized carbons (Fsp3) is 0.500. The zero-order valence-corrected chi connectivity index (χ0v) is 13.8. The number of aliphatic imine (C=N–C) groups is 1. The van der Waals surface area contributed by atoms with Crippen LogP contribution in [0.4, 0.5) is 0 Å². The molecular formula is C18H26N4. The number of benzene rings is 1. The average Bonchev–Trinajstić information content (AvgIpc) is 2.58. The lowest BCUT2D eigenvalue weighted by molar-refractivity contribution is 0.250. The number of piperidine rings is 1. The highest BCUT2D eigenvalue weighted by Gasteiger charge is 2.25. The molecule has 2 aliphatic rings. The van der Waals surface area contributed by atoms with Crippen molar-refractivity contribution in [3.63, 3.8) is 0 Å². The van der Waals surface area contributed by atoms with Crippen LogP contribution in [0.1, 0.15) is 31.2 Å². The number of hydrogen-bond donors (Lipinski definition) is 1. The van der Waals surface area contributed by atoms with E-state index in [9.17, 15) is 0 Å². The first kappa shape index (κ1) is 15.1. The van der Waals surface area contributed by atoms with Gasteiger partial charge < -0.3 is 9.80 Å². The molecule has 1 saturated heterocycles. The minimum Gasteiger partial charge on any atom is -0.357 e. The lowest BCUT2D eigenvalue weighted by Crippen LogP contribution is -2.46. The highest BCUT2D eigenvalue weighted by molar-refractivity contribution is 5.81. The van der Waals surface area contributed by atoms with Gasteiger partial charge in [0.1, 0.15) is 17.8 Å². The maximum Gasteiger partial charge on any atom is 0.129 e. The minimum atomic E-state index is 0.236. The van der Waals surface area contributed by atoms with E-state index in [-0.39, 0.29) is 6.17 Å². The van der Waals surface area contributed by atoms with Crippen molar-refractivity contribution in [3.05, 3.63) is 47.8 Å². The van der Waals surface area contributed by atoms with Crippen LogP contribution >= 0.6 is 0 Å². The SMILES string of the molecule is CNC1C=C(N2CCC(c3ccccc3)CC2)N=C(C)N1C. The Morgan fingerprint density at radius 2 is 1.82 bits per heavy atom. The molecule has 0 bridgehead atoms. The molecule has 3 rings (SSSR count). The van der Waals surface area contributed by atoms with Gasteiger partial charge in [0.2, 0.25) is 0 Å². The Kier molecular flexibility index (Phi) is 4.48. The third kappa shape index (κ3) is 3.02. The molecule has 118 valence electrons. The third-order valence-corrected chi connectivity index (χ3v) is 4.90. The molecule has 1 atom stereocenters. The molecule has 0 spiro atoms. The second kappa shape index (κ2) is 6.53. The van der Waals surface area contributed by atoms with Gasteiger partial charge in [-0.25, -0.2) is 4.99 Å². The van der Waals surface area contributed by atoms with Gasteiger partial charge in [-0.1, -0.05) is 30.3 Å². The molecule has 1 aromatic carbocycles. The molecule has 1 fully saturated rings. The van der Waals surface area contributed by atoms with Crippen LogP contribution in [-0.2, 0) is 0 Å². The van der Waals surface area contributed by atoms with Gasteiger partial charge in [-0.05, 0) is 44.4 Å². The molecule has 4 nitrogen and oxygen atoms in total. The largest absolute Gasteiger partial charge is 0.357 e. The first-order chi connectivity index (χ1) is 10.7. The predicted octanol–water partition coefficient (Wildman–Crippen LogP) is 2.62. The van der Waals surface area contributed by atoms with Gasteiger partial charge >= 0.3 is 0 Å². The zero-order chi connectivity index (χ0) is 15.5. The number of likely N-dealkylation sites (N-methyl/N-ethyl adjacent to an activating group) is 2. The van der Waals surface area contributed by atoms with Crippen LogP contribution in [0.25, 0.3) is 0 Å². The van der Waals surface area contributed by atoms with Crippen molar-refractivity contribution in [2.45, 2.75) is 31.8 Å². The summed E-state index contributed by atoms with van der Waals surface area (Å²) < 4.78 is 0. The standard InChI is InChI=1S/C18H26N4/c1-14-20-18(13-17(19-2)21(14)3)22-11-9-16(10-12-22)15-7-5-4-6-8-15/h4-8,13,16-17,19H,9-12H2,1-3H3. The van der Waals surface area contributed by atoms with Crippen LogP contribution in [0.5, 0.6) is 0 Å². The van der Waals surface area contributed by atoms with Crippen LogP contribution < -0.4 is 5.32 Å². The monoisotopic (exact) mass is 298 g/mol. The number of nitrogens with one attached hydrogen (secondary N) is 1. The summed E-state index contributed by atoms with van der Waals surface area (Å²) in [5.74, 6) is 2.89. The molecule has 2 heterocycles. The number of rotatable bonds is 3. The first-order valence-corrected chi connectivity index (χ1v) is 8.16. The molecule has 22 heavy (non-hydrogen) atoms. The molecule has 0 aromatic heterocycles. The number of nitrogens with zero attached hydrogens (tertiary/aromatic N) is 3. The van der Waals surface area contributed by atoms with Crippen LogP contribution in [0.2, 0.25) is 0 Å². The summed E-state index contributed by atoms with van der Waals surface area (Å²) in [5, 5.41) is 3.33. The van der Waals surface area contributed by atoms with Crippen molar-refractivity contribution in [2.75, 3.05) is 27.2 Å². The van der Waals surface area contributed by atoms with Crippen LogP contribution in [0, 0.1) is 0 Å². The number of amidine groups is 1. The van der Waals surface area contributed by atoms with E-state index in [1.54, 1.807) is 0 Å². The Morgan fingerprint density at radius 3 is 2.45 bits per heavy atom. The smallest absolute Gasteiger partial charge is 0.129 e.